The van der Waals surface area contributed by atoms with Crippen molar-refractivity contribution < 1.29 is 19.0 Å². The zero-order chi connectivity index (χ0) is 22.5. The lowest BCUT2D eigenvalue weighted by atomic mass is 10.1. The monoisotopic (exact) mass is 562 g/mol. The molecule has 1 aromatic carbocycles. The van der Waals surface area contributed by atoms with E-state index < -0.39 is 11.7 Å². The molecular formula is C23H39IN4O4. The van der Waals surface area contributed by atoms with Crippen LogP contribution in [-0.4, -0.2) is 64.2 Å². The summed E-state index contributed by atoms with van der Waals surface area (Å²) in [6.45, 7) is 10.3. The normalized spacial score (nSPS) is 16.2. The van der Waals surface area contributed by atoms with Crippen LogP contribution < -0.4 is 16.0 Å². The zero-order valence-electron chi connectivity index (χ0n) is 19.7. The number of ether oxygens (including phenoxy) is 3. The van der Waals surface area contributed by atoms with Crippen LogP contribution in [0.2, 0.25) is 0 Å². The lowest BCUT2D eigenvalue weighted by Gasteiger charge is -2.19. The summed E-state index contributed by atoms with van der Waals surface area (Å²) in [5.74, 6) is 1.34. The van der Waals surface area contributed by atoms with Crippen molar-refractivity contribution >= 4 is 41.7 Å². The maximum atomic E-state index is 11.8. The Morgan fingerprint density at radius 2 is 1.91 bits per heavy atom. The van der Waals surface area contributed by atoms with Crippen molar-refractivity contribution in [3.8, 4) is 0 Å². The predicted molar refractivity (Wildman–Crippen MR) is 139 cm³/mol. The first kappa shape index (κ1) is 28.4. The maximum Gasteiger partial charge on any atom is 0.412 e. The van der Waals surface area contributed by atoms with Crippen molar-refractivity contribution in [1.29, 1.82) is 0 Å². The van der Waals surface area contributed by atoms with Crippen LogP contribution in [0.25, 0.3) is 0 Å². The highest BCUT2D eigenvalue weighted by Crippen LogP contribution is 2.13. The van der Waals surface area contributed by atoms with Gasteiger partial charge in [0.15, 0.2) is 5.96 Å². The van der Waals surface area contributed by atoms with Gasteiger partial charge in [-0.15, -0.1) is 24.0 Å². The number of nitrogens with zero attached hydrogens (tertiary/aromatic N) is 1. The molecule has 182 valence electrons. The summed E-state index contributed by atoms with van der Waals surface area (Å²) >= 11 is 0. The van der Waals surface area contributed by atoms with Crippen molar-refractivity contribution in [3.05, 3.63) is 29.8 Å². The Hall–Kier alpha value is -1.59. The molecule has 1 heterocycles. The second kappa shape index (κ2) is 15.3. The zero-order valence-corrected chi connectivity index (χ0v) is 22.1. The summed E-state index contributed by atoms with van der Waals surface area (Å²) in [4.78, 5) is 16.1. The molecule has 1 amide bonds. The van der Waals surface area contributed by atoms with E-state index in [4.69, 9.17) is 14.2 Å². The maximum absolute atomic E-state index is 11.8. The summed E-state index contributed by atoms with van der Waals surface area (Å²) in [6, 6.07) is 7.75. The molecule has 32 heavy (non-hydrogen) atoms. The van der Waals surface area contributed by atoms with Crippen LogP contribution in [0, 0.1) is 5.92 Å². The minimum Gasteiger partial charge on any atom is -0.444 e. The number of carbonyl (C=O) groups is 1. The lowest BCUT2D eigenvalue weighted by molar-refractivity contribution is 0.0636. The van der Waals surface area contributed by atoms with Gasteiger partial charge in [-0.1, -0.05) is 12.1 Å². The molecule has 0 aliphatic carbocycles. The number of amides is 1. The van der Waals surface area contributed by atoms with Gasteiger partial charge in [0.25, 0.3) is 0 Å². The molecule has 3 N–H and O–H groups in total. The SMILES string of the molecule is CN=C(NCCCOCC1CCOC1)NCCc1ccc(NC(=O)OC(C)(C)C)cc1.I. The van der Waals surface area contributed by atoms with E-state index >= 15 is 0 Å². The van der Waals surface area contributed by atoms with Crippen LogP contribution in [0.5, 0.6) is 0 Å². The van der Waals surface area contributed by atoms with Crippen LogP contribution in [0.1, 0.15) is 39.2 Å². The van der Waals surface area contributed by atoms with Crippen LogP contribution in [0.4, 0.5) is 10.5 Å². The smallest absolute Gasteiger partial charge is 0.412 e. The molecule has 0 bridgehead atoms. The minimum atomic E-state index is -0.514. The molecule has 0 saturated carbocycles. The van der Waals surface area contributed by atoms with Gasteiger partial charge in [0.05, 0.1) is 13.2 Å². The van der Waals surface area contributed by atoms with E-state index in [1.807, 2.05) is 45.0 Å². The number of rotatable bonds is 10. The highest BCUT2D eigenvalue weighted by Gasteiger charge is 2.16. The Bertz CT molecular complexity index is 686. The van der Waals surface area contributed by atoms with E-state index in [0.717, 1.165) is 64.7 Å². The minimum absolute atomic E-state index is 0. The standard InChI is InChI=1S/C23H38N4O4.HI/c1-23(2,3)31-22(28)27-20-8-6-18(7-9-20)10-13-26-21(24-4)25-12-5-14-29-16-19-11-15-30-17-19;/h6-9,19H,5,10-17H2,1-4H3,(H,27,28)(H2,24,25,26);1H. The number of aliphatic imine (C=N–C) groups is 1. The quantitative estimate of drug-likeness (QED) is 0.174. The molecule has 1 unspecified atom stereocenters. The average Bonchev–Trinajstić information content (AvgIpc) is 3.22. The van der Waals surface area contributed by atoms with Gasteiger partial charge < -0.3 is 24.8 Å². The molecule has 1 aliphatic rings. The average molecular weight is 562 g/mol. The lowest BCUT2D eigenvalue weighted by Crippen LogP contribution is -2.39. The molecule has 1 saturated heterocycles. The molecule has 1 atom stereocenters. The molecule has 0 radical (unpaired) electrons. The number of carbonyl (C=O) groups excluding carboxylic acids is 1. The number of hydrogen-bond donors (Lipinski definition) is 3. The fourth-order valence-electron chi connectivity index (χ4n) is 3.07. The first-order valence-electron chi connectivity index (χ1n) is 11.0. The fourth-order valence-corrected chi connectivity index (χ4v) is 3.07. The third kappa shape index (κ3) is 12.4. The number of nitrogens with one attached hydrogen (secondary N) is 3. The van der Waals surface area contributed by atoms with Gasteiger partial charge >= 0.3 is 6.09 Å². The molecule has 1 fully saturated rings. The predicted octanol–water partition coefficient (Wildman–Crippen LogP) is 3.80. The number of benzene rings is 1. The Morgan fingerprint density at radius 3 is 2.53 bits per heavy atom. The van der Waals surface area contributed by atoms with Crippen molar-refractivity contribution in [3.63, 3.8) is 0 Å². The van der Waals surface area contributed by atoms with Gasteiger partial charge in [0.1, 0.15) is 5.60 Å². The molecule has 1 aliphatic heterocycles. The molecule has 2 rings (SSSR count). The van der Waals surface area contributed by atoms with Crippen molar-refractivity contribution in [2.75, 3.05) is 51.9 Å². The van der Waals surface area contributed by atoms with E-state index in [1.165, 1.54) is 5.56 Å². The van der Waals surface area contributed by atoms with Crippen LogP contribution in [0.15, 0.2) is 29.3 Å². The summed E-state index contributed by atoms with van der Waals surface area (Å²) in [7, 11) is 1.77. The molecule has 0 aromatic heterocycles. The summed E-state index contributed by atoms with van der Waals surface area (Å²) in [6.07, 6.45) is 2.44. The highest BCUT2D eigenvalue weighted by molar-refractivity contribution is 14.0. The fraction of sp³-hybridized carbons (Fsp3) is 0.652. The topological polar surface area (TPSA) is 93.2 Å². The first-order valence-corrected chi connectivity index (χ1v) is 11.0. The van der Waals surface area contributed by atoms with Crippen LogP contribution in [-0.2, 0) is 20.6 Å². The molecule has 1 aromatic rings. The van der Waals surface area contributed by atoms with Gasteiger partial charge in [-0.3, -0.25) is 10.3 Å². The Morgan fingerprint density at radius 1 is 1.19 bits per heavy atom. The summed E-state index contributed by atoms with van der Waals surface area (Å²) < 4.78 is 16.3. The van der Waals surface area contributed by atoms with E-state index in [9.17, 15) is 4.79 Å². The van der Waals surface area contributed by atoms with Crippen LogP contribution in [0.3, 0.4) is 0 Å². The number of anilines is 1. The summed E-state index contributed by atoms with van der Waals surface area (Å²) in [5.41, 5.74) is 1.37. The highest BCUT2D eigenvalue weighted by atomic mass is 127. The third-order valence-corrected chi connectivity index (χ3v) is 4.66. The molecule has 9 heteroatoms. The Labute approximate surface area is 209 Å². The second-order valence-corrected chi connectivity index (χ2v) is 8.66. The van der Waals surface area contributed by atoms with Crippen molar-refractivity contribution in [1.82, 2.24) is 10.6 Å². The molecular weight excluding hydrogens is 523 g/mol. The van der Waals surface area contributed by atoms with Gasteiger partial charge in [-0.25, -0.2) is 4.79 Å². The third-order valence-electron chi connectivity index (χ3n) is 4.66. The summed E-state index contributed by atoms with van der Waals surface area (Å²) in [5, 5.41) is 9.36. The Balaban J connectivity index is 0.00000512. The van der Waals surface area contributed by atoms with E-state index in [2.05, 4.69) is 20.9 Å². The van der Waals surface area contributed by atoms with Gasteiger partial charge in [0.2, 0.25) is 0 Å². The Kier molecular flexibility index (Phi) is 13.6. The van der Waals surface area contributed by atoms with Gasteiger partial charge in [-0.05, 0) is 57.7 Å². The number of halogens is 1. The van der Waals surface area contributed by atoms with E-state index in [-0.39, 0.29) is 24.0 Å². The number of hydrogen-bond acceptors (Lipinski definition) is 5. The molecule has 8 nitrogen and oxygen atoms in total. The van der Waals surface area contributed by atoms with Crippen molar-refractivity contribution in [2.45, 2.75) is 45.6 Å². The molecule has 0 spiro atoms. The van der Waals surface area contributed by atoms with Gasteiger partial charge in [-0.2, -0.15) is 0 Å². The largest absolute Gasteiger partial charge is 0.444 e. The van der Waals surface area contributed by atoms with Gasteiger partial charge in [0, 0.05) is 45.0 Å². The van der Waals surface area contributed by atoms with E-state index in [0.29, 0.717) is 11.6 Å². The first-order chi connectivity index (χ1) is 14.9. The second-order valence-electron chi connectivity index (χ2n) is 8.66. The van der Waals surface area contributed by atoms with E-state index in [1.54, 1.807) is 7.05 Å². The van der Waals surface area contributed by atoms with Crippen molar-refractivity contribution in [2.24, 2.45) is 10.9 Å². The number of guanidine groups is 1. The van der Waals surface area contributed by atoms with Crippen LogP contribution >= 0.6 is 24.0 Å².